The van der Waals surface area contributed by atoms with Gasteiger partial charge in [0, 0.05) is 45.0 Å². The van der Waals surface area contributed by atoms with E-state index in [1.165, 1.54) is 32.4 Å². The molecule has 0 bridgehead atoms. The van der Waals surface area contributed by atoms with E-state index in [-0.39, 0.29) is 18.3 Å². The molecule has 1 aromatic heterocycles. The molecule has 0 saturated carbocycles. The number of amides is 1. The molecule has 3 aliphatic heterocycles. The Hall–Kier alpha value is -2.39. The van der Waals surface area contributed by atoms with E-state index in [9.17, 15) is 9.59 Å². The van der Waals surface area contributed by atoms with Crippen molar-refractivity contribution >= 4 is 29.0 Å². The van der Waals surface area contributed by atoms with E-state index in [4.69, 9.17) is 21.7 Å². The van der Waals surface area contributed by atoms with Gasteiger partial charge in [-0.3, -0.25) is 14.2 Å². The van der Waals surface area contributed by atoms with E-state index in [0.29, 0.717) is 52.6 Å². The van der Waals surface area contributed by atoms with Gasteiger partial charge in [0.25, 0.3) is 5.56 Å². The highest BCUT2D eigenvalue weighted by Crippen LogP contribution is 2.34. The summed E-state index contributed by atoms with van der Waals surface area (Å²) < 4.78 is 12.7. The van der Waals surface area contributed by atoms with Gasteiger partial charge < -0.3 is 24.3 Å². The molecule has 2 N–H and O–H groups in total. The molecule has 9 heteroatoms. The monoisotopic (exact) mass is 459 g/mol. The Bertz CT molecular complexity index is 1110. The van der Waals surface area contributed by atoms with Crippen molar-refractivity contribution in [2.24, 2.45) is 0 Å². The van der Waals surface area contributed by atoms with Crippen molar-refractivity contribution in [1.82, 2.24) is 14.5 Å². The Morgan fingerprint density at radius 2 is 1.84 bits per heavy atom. The number of aromatic amines is 1. The average Bonchev–Trinajstić information content (AvgIpc) is 3.28. The molecular weight excluding hydrogens is 428 g/mol. The summed E-state index contributed by atoms with van der Waals surface area (Å²) in [4.78, 5) is 32.6. The number of benzene rings is 1. The maximum absolute atomic E-state index is 13.0. The number of likely N-dealkylation sites (tertiary alicyclic amines) is 2. The summed E-state index contributed by atoms with van der Waals surface area (Å²) in [5.41, 5.74) is 0.468. The number of nitrogens with zero attached hydrogens (tertiary/aromatic N) is 2. The number of nitrogens with one attached hydrogen (secondary N) is 2. The summed E-state index contributed by atoms with van der Waals surface area (Å²) in [6, 6.07) is 4.16. The van der Waals surface area contributed by atoms with E-state index in [0.717, 1.165) is 25.9 Å². The van der Waals surface area contributed by atoms with Gasteiger partial charge in [0.2, 0.25) is 12.7 Å². The molecule has 8 nitrogen and oxygen atoms in total. The van der Waals surface area contributed by atoms with Crippen LogP contribution >= 0.6 is 12.2 Å². The van der Waals surface area contributed by atoms with Crippen LogP contribution in [0.3, 0.4) is 0 Å². The van der Waals surface area contributed by atoms with Gasteiger partial charge in [0.05, 0.1) is 30.0 Å². The highest BCUT2D eigenvalue weighted by atomic mass is 32.1. The molecule has 0 atom stereocenters. The van der Waals surface area contributed by atoms with Crippen LogP contribution in [0, 0.1) is 4.77 Å². The first-order chi connectivity index (χ1) is 15.6. The zero-order valence-corrected chi connectivity index (χ0v) is 19.2. The fourth-order valence-corrected chi connectivity index (χ4v) is 5.63. The summed E-state index contributed by atoms with van der Waals surface area (Å²) in [5, 5.41) is 0.511. The van der Waals surface area contributed by atoms with Gasteiger partial charge in [-0.2, -0.15) is 0 Å². The molecule has 1 amide bonds. The zero-order valence-electron chi connectivity index (χ0n) is 18.4. The maximum atomic E-state index is 13.0. The number of rotatable bonds is 5. The number of carbonyl (C=O) groups excluding carboxylic acids is 1. The second-order valence-corrected chi connectivity index (χ2v) is 9.50. The Morgan fingerprint density at radius 1 is 1.12 bits per heavy atom. The molecule has 0 spiro atoms. The molecule has 5 rings (SSSR count). The summed E-state index contributed by atoms with van der Waals surface area (Å²) in [7, 11) is 0. The van der Waals surface area contributed by atoms with Crippen LogP contribution in [0.1, 0.15) is 44.9 Å². The highest BCUT2D eigenvalue weighted by molar-refractivity contribution is 7.71. The second kappa shape index (κ2) is 9.23. The largest absolute Gasteiger partial charge is 0.454 e. The topological polar surface area (TPSA) is 81.0 Å². The lowest BCUT2D eigenvalue weighted by molar-refractivity contribution is -0.931. The van der Waals surface area contributed by atoms with Crippen LogP contribution in [0.15, 0.2) is 16.9 Å². The van der Waals surface area contributed by atoms with Crippen molar-refractivity contribution in [3.8, 4) is 11.5 Å². The minimum atomic E-state index is -0.167. The van der Waals surface area contributed by atoms with Crippen molar-refractivity contribution in [2.75, 3.05) is 33.0 Å². The average molecular weight is 460 g/mol. The lowest BCUT2D eigenvalue weighted by Gasteiger charge is -2.37. The fraction of sp³-hybridized carbons (Fsp3) is 0.609. The SMILES string of the molecule is O=C(CCCn1c(=S)[nH]c2cc3c(cc2c1=O)OCO3)N1CCC([NH+]2CCCCC2)CC1. The minimum absolute atomic E-state index is 0.152. The van der Waals surface area contributed by atoms with Gasteiger partial charge in [-0.05, 0) is 44.0 Å². The predicted molar refractivity (Wildman–Crippen MR) is 123 cm³/mol. The molecular formula is C23H31N4O4S+. The summed E-state index contributed by atoms with van der Waals surface area (Å²) in [5.74, 6) is 1.36. The third kappa shape index (κ3) is 4.28. The lowest BCUT2D eigenvalue weighted by atomic mass is 9.99. The van der Waals surface area contributed by atoms with Gasteiger partial charge in [0.15, 0.2) is 16.3 Å². The number of piperidine rings is 2. The van der Waals surface area contributed by atoms with Crippen molar-refractivity contribution in [3.63, 3.8) is 0 Å². The number of hydrogen-bond acceptors (Lipinski definition) is 5. The molecule has 32 heavy (non-hydrogen) atoms. The molecule has 0 aliphatic carbocycles. The standard InChI is InChI=1S/C23H30N4O4S/c28-21(26-11-6-16(7-12-26)25-8-2-1-3-9-25)5-4-10-27-22(29)17-13-19-20(31-15-30-19)14-18(17)24-23(27)32/h13-14,16H,1-12,15H2,(H,24,32)/p+1. The lowest BCUT2D eigenvalue weighted by Crippen LogP contribution is -3.16. The first kappa shape index (κ1) is 21.5. The van der Waals surface area contributed by atoms with Crippen molar-refractivity contribution in [2.45, 2.75) is 57.5 Å². The van der Waals surface area contributed by atoms with E-state index in [1.54, 1.807) is 21.6 Å². The van der Waals surface area contributed by atoms with Crippen molar-refractivity contribution in [3.05, 3.63) is 27.3 Å². The van der Waals surface area contributed by atoms with Crippen LogP contribution in [-0.4, -0.2) is 59.4 Å². The summed E-state index contributed by atoms with van der Waals surface area (Å²) in [6.07, 6.45) is 7.28. The third-order valence-corrected chi connectivity index (χ3v) is 7.49. The molecule has 4 heterocycles. The number of H-pyrrole nitrogens is 1. The number of hydrogen-bond donors (Lipinski definition) is 2. The molecule has 2 fully saturated rings. The van der Waals surface area contributed by atoms with Gasteiger partial charge in [0.1, 0.15) is 0 Å². The smallest absolute Gasteiger partial charge is 0.262 e. The van der Waals surface area contributed by atoms with Crippen molar-refractivity contribution in [1.29, 1.82) is 0 Å². The second-order valence-electron chi connectivity index (χ2n) is 9.12. The first-order valence-electron chi connectivity index (χ1n) is 11.8. The van der Waals surface area contributed by atoms with Crippen LogP contribution in [0.5, 0.6) is 11.5 Å². The molecule has 2 saturated heterocycles. The molecule has 172 valence electrons. The molecule has 2 aromatic rings. The summed E-state index contributed by atoms with van der Waals surface area (Å²) >= 11 is 5.41. The Labute approximate surface area is 192 Å². The summed E-state index contributed by atoms with van der Waals surface area (Å²) in [6.45, 7) is 4.87. The molecule has 0 radical (unpaired) electrons. The van der Waals surface area contributed by atoms with Crippen LogP contribution < -0.4 is 19.9 Å². The van der Waals surface area contributed by atoms with Crippen molar-refractivity contribution < 1.29 is 19.2 Å². The molecule has 0 unspecified atom stereocenters. The third-order valence-electron chi connectivity index (χ3n) is 7.17. The maximum Gasteiger partial charge on any atom is 0.262 e. The normalized spacial score (nSPS) is 19.6. The minimum Gasteiger partial charge on any atom is -0.454 e. The Kier molecular flexibility index (Phi) is 6.19. The van der Waals surface area contributed by atoms with E-state index >= 15 is 0 Å². The van der Waals surface area contributed by atoms with E-state index in [2.05, 4.69) is 4.98 Å². The Morgan fingerprint density at radius 3 is 2.59 bits per heavy atom. The molecule has 3 aliphatic rings. The van der Waals surface area contributed by atoms with Crippen LogP contribution in [0.2, 0.25) is 0 Å². The number of aromatic nitrogens is 2. The number of ether oxygens (including phenoxy) is 2. The van der Waals surface area contributed by atoms with Gasteiger partial charge in [-0.1, -0.05) is 0 Å². The molecule has 1 aromatic carbocycles. The Balaban J connectivity index is 1.17. The quantitative estimate of drug-likeness (QED) is 0.665. The predicted octanol–water partition coefficient (Wildman–Crippen LogP) is 1.63. The number of carbonyl (C=O) groups is 1. The van der Waals surface area contributed by atoms with Gasteiger partial charge >= 0.3 is 0 Å². The highest BCUT2D eigenvalue weighted by Gasteiger charge is 2.30. The van der Waals surface area contributed by atoms with E-state index in [1.807, 2.05) is 4.90 Å². The number of quaternary nitrogens is 1. The van der Waals surface area contributed by atoms with E-state index < -0.39 is 0 Å². The van der Waals surface area contributed by atoms with Gasteiger partial charge in [-0.25, -0.2) is 0 Å². The van der Waals surface area contributed by atoms with Crippen LogP contribution in [0.4, 0.5) is 0 Å². The number of fused-ring (bicyclic) bond motifs is 2. The van der Waals surface area contributed by atoms with Gasteiger partial charge in [-0.15, -0.1) is 0 Å². The van der Waals surface area contributed by atoms with Crippen LogP contribution in [-0.2, 0) is 11.3 Å². The first-order valence-corrected chi connectivity index (χ1v) is 12.2. The zero-order chi connectivity index (χ0) is 22.1. The fourth-order valence-electron chi connectivity index (χ4n) is 5.34. The van der Waals surface area contributed by atoms with Crippen LogP contribution in [0.25, 0.3) is 10.9 Å².